The van der Waals surface area contributed by atoms with Crippen LogP contribution in [0, 0.1) is 10.1 Å². The van der Waals surface area contributed by atoms with E-state index < -0.39 is 4.92 Å². The fourth-order valence-corrected chi connectivity index (χ4v) is 2.92. The number of halogens is 1. The summed E-state index contributed by atoms with van der Waals surface area (Å²) in [5.74, 6) is 0.680. The fraction of sp³-hybridized carbons (Fsp3) is 0.400. The largest absolute Gasteiger partial charge is 0.507 e. The maximum Gasteiger partial charge on any atom is 0.290 e. The second-order valence-electron chi connectivity index (χ2n) is 6.68. The number of azo groups is 1. The standard InChI is InChI=1S/C20H24ClN3O3/c1-5-12(3)16-9-15(10-17(20(16)25)13(4)6-2)23-22-14-7-8-18(21)19(11-14)24(26)27/h7-13,25H,5-6H2,1-4H3. The molecule has 0 radical (unpaired) electrons. The van der Waals surface area contributed by atoms with E-state index in [1.807, 2.05) is 12.1 Å². The summed E-state index contributed by atoms with van der Waals surface area (Å²) in [6.07, 6.45) is 1.77. The molecule has 0 bridgehead atoms. The van der Waals surface area contributed by atoms with Crippen molar-refractivity contribution in [2.45, 2.75) is 52.4 Å². The number of hydrogen-bond donors (Lipinski definition) is 1. The van der Waals surface area contributed by atoms with Crippen LogP contribution in [-0.2, 0) is 0 Å². The Kier molecular flexibility index (Phi) is 6.91. The van der Waals surface area contributed by atoms with Crippen molar-refractivity contribution in [2.75, 3.05) is 0 Å². The number of nitro benzene ring substituents is 1. The molecule has 2 aromatic carbocycles. The molecule has 0 saturated carbocycles. The van der Waals surface area contributed by atoms with Gasteiger partial charge < -0.3 is 5.11 Å². The summed E-state index contributed by atoms with van der Waals surface area (Å²) >= 11 is 5.83. The predicted molar refractivity (Wildman–Crippen MR) is 108 cm³/mol. The maximum atomic E-state index is 11.0. The third-order valence-electron chi connectivity index (χ3n) is 4.85. The van der Waals surface area contributed by atoms with Crippen molar-refractivity contribution >= 4 is 28.7 Å². The molecule has 0 fully saturated rings. The van der Waals surface area contributed by atoms with E-state index >= 15 is 0 Å². The topological polar surface area (TPSA) is 88.1 Å². The molecule has 1 N–H and O–H groups in total. The first-order valence-corrected chi connectivity index (χ1v) is 9.38. The Morgan fingerprint density at radius 1 is 1.04 bits per heavy atom. The summed E-state index contributed by atoms with van der Waals surface area (Å²) in [5, 5.41) is 30.1. The predicted octanol–water partition coefficient (Wildman–Crippen LogP) is 7.40. The molecule has 0 saturated heterocycles. The Morgan fingerprint density at radius 2 is 1.56 bits per heavy atom. The number of benzene rings is 2. The highest BCUT2D eigenvalue weighted by Gasteiger charge is 2.18. The lowest BCUT2D eigenvalue weighted by molar-refractivity contribution is -0.384. The van der Waals surface area contributed by atoms with Gasteiger partial charge in [-0.05, 0) is 60.1 Å². The third-order valence-corrected chi connectivity index (χ3v) is 5.17. The van der Waals surface area contributed by atoms with Crippen LogP contribution in [0.4, 0.5) is 17.1 Å². The van der Waals surface area contributed by atoms with Crippen molar-refractivity contribution in [3.63, 3.8) is 0 Å². The van der Waals surface area contributed by atoms with Gasteiger partial charge in [0.05, 0.1) is 16.3 Å². The van der Waals surface area contributed by atoms with Crippen LogP contribution >= 0.6 is 11.6 Å². The maximum absolute atomic E-state index is 11.0. The van der Waals surface area contributed by atoms with E-state index in [0.29, 0.717) is 17.1 Å². The van der Waals surface area contributed by atoms with Crippen LogP contribution in [0.1, 0.15) is 63.5 Å². The SMILES string of the molecule is CCC(C)c1cc(N=Nc2ccc(Cl)c([N+](=O)[O-])c2)cc(C(C)CC)c1O. The van der Waals surface area contributed by atoms with Crippen LogP contribution in [0.25, 0.3) is 0 Å². The van der Waals surface area contributed by atoms with Gasteiger partial charge in [0.25, 0.3) is 5.69 Å². The summed E-state index contributed by atoms with van der Waals surface area (Å²) < 4.78 is 0. The zero-order valence-electron chi connectivity index (χ0n) is 15.9. The number of rotatable bonds is 7. The number of nitro groups is 1. The Balaban J connectivity index is 2.47. The van der Waals surface area contributed by atoms with Gasteiger partial charge in [0, 0.05) is 6.07 Å². The van der Waals surface area contributed by atoms with E-state index in [2.05, 4.69) is 37.9 Å². The van der Waals surface area contributed by atoms with Crippen molar-refractivity contribution in [3.8, 4) is 5.75 Å². The molecule has 6 nitrogen and oxygen atoms in total. The zero-order valence-corrected chi connectivity index (χ0v) is 16.7. The second-order valence-corrected chi connectivity index (χ2v) is 7.09. The van der Waals surface area contributed by atoms with Crippen LogP contribution in [-0.4, -0.2) is 10.0 Å². The van der Waals surface area contributed by atoms with Gasteiger partial charge in [-0.1, -0.05) is 39.3 Å². The molecular weight excluding hydrogens is 366 g/mol. The average molecular weight is 390 g/mol. The normalized spacial score (nSPS) is 13.7. The highest BCUT2D eigenvalue weighted by Crippen LogP contribution is 2.40. The van der Waals surface area contributed by atoms with E-state index in [0.717, 1.165) is 24.0 Å². The van der Waals surface area contributed by atoms with E-state index in [9.17, 15) is 15.2 Å². The monoisotopic (exact) mass is 389 g/mol. The molecule has 0 heterocycles. The molecule has 2 aromatic rings. The lowest BCUT2D eigenvalue weighted by atomic mass is 9.89. The molecule has 0 aliphatic rings. The van der Waals surface area contributed by atoms with Gasteiger partial charge in [-0.15, -0.1) is 0 Å². The van der Waals surface area contributed by atoms with Gasteiger partial charge in [-0.2, -0.15) is 10.2 Å². The summed E-state index contributed by atoms with van der Waals surface area (Å²) in [4.78, 5) is 10.5. The molecule has 7 heteroatoms. The average Bonchev–Trinajstić information content (AvgIpc) is 2.66. The lowest BCUT2D eigenvalue weighted by Gasteiger charge is -2.18. The number of aromatic hydroxyl groups is 1. The van der Waals surface area contributed by atoms with Crippen LogP contribution < -0.4 is 0 Å². The first-order chi connectivity index (χ1) is 12.8. The molecule has 2 atom stereocenters. The van der Waals surface area contributed by atoms with E-state index in [4.69, 9.17) is 11.6 Å². The minimum Gasteiger partial charge on any atom is -0.507 e. The molecular formula is C20H24ClN3O3. The Labute approximate surface area is 164 Å². The minimum absolute atomic E-state index is 0.0571. The van der Waals surface area contributed by atoms with Gasteiger partial charge in [-0.25, -0.2) is 0 Å². The van der Waals surface area contributed by atoms with Crippen molar-refractivity contribution in [1.82, 2.24) is 0 Å². The lowest BCUT2D eigenvalue weighted by Crippen LogP contribution is -1.98. The summed E-state index contributed by atoms with van der Waals surface area (Å²) in [5.41, 5.74) is 2.42. The minimum atomic E-state index is -0.552. The van der Waals surface area contributed by atoms with Crippen molar-refractivity contribution < 1.29 is 10.0 Å². The van der Waals surface area contributed by atoms with Gasteiger partial charge >= 0.3 is 0 Å². The molecule has 0 aromatic heterocycles. The molecule has 2 unspecified atom stereocenters. The highest BCUT2D eigenvalue weighted by molar-refractivity contribution is 6.32. The number of phenolic OH excluding ortho intramolecular Hbond substituents is 1. The first-order valence-electron chi connectivity index (χ1n) is 9.00. The van der Waals surface area contributed by atoms with E-state index in [-0.39, 0.29) is 22.5 Å². The Morgan fingerprint density at radius 3 is 2.04 bits per heavy atom. The summed E-state index contributed by atoms with van der Waals surface area (Å²) in [6.45, 7) is 8.24. The smallest absolute Gasteiger partial charge is 0.290 e. The molecule has 0 spiro atoms. The van der Waals surface area contributed by atoms with Gasteiger partial charge in [0.2, 0.25) is 0 Å². The zero-order chi connectivity index (χ0) is 20.1. The molecule has 0 amide bonds. The van der Waals surface area contributed by atoms with Crippen LogP contribution in [0.2, 0.25) is 5.02 Å². The third kappa shape index (κ3) is 4.83. The van der Waals surface area contributed by atoms with Gasteiger partial charge in [0.1, 0.15) is 10.8 Å². The number of nitrogens with zero attached hydrogens (tertiary/aromatic N) is 3. The highest BCUT2D eigenvalue weighted by atomic mass is 35.5. The summed E-state index contributed by atoms with van der Waals surface area (Å²) in [6, 6.07) is 7.94. The molecule has 27 heavy (non-hydrogen) atoms. The van der Waals surface area contributed by atoms with Crippen molar-refractivity contribution in [3.05, 3.63) is 56.6 Å². The van der Waals surface area contributed by atoms with Crippen LogP contribution in [0.5, 0.6) is 5.75 Å². The first kappa shape index (κ1) is 20.8. The quantitative estimate of drug-likeness (QED) is 0.304. The molecule has 0 aliphatic heterocycles. The number of phenols is 1. The van der Waals surface area contributed by atoms with Crippen molar-refractivity contribution in [2.24, 2.45) is 10.2 Å². The Bertz CT molecular complexity index is 837. The molecule has 144 valence electrons. The molecule has 0 aliphatic carbocycles. The van der Waals surface area contributed by atoms with Crippen LogP contribution in [0.15, 0.2) is 40.6 Å². The van der Waals surface area contributed by atoms with E-state index in [1.165, 1.54) is 12.1 Å². The van der Waals surface area contributed by atoms with Gasteiger partial charge in [0.15, 0.2) is 0 Å². The van der Waals surface area contributed by atoms with Gasteiger partial charge in [-0.3, -0.25) is 10.1 Å². The Hall–Kier alpha value is -2.47. The van der Waals surface area contributed by atoms with Crippen LogP contribution in [0.3, 0.4) is 0 Å². The van der Waals surface area contributed by atoms with Crippen molar-refractivity contribution in [1.29, 1.82) is 0 Å². The summed E-state index contributed by atoms with van der Waals surface area (Å²) in [7, 11) is 0. The second kappa shape index (κ2) is 8.95. The fourth-order valence-electron chi connectivity index (χ4n) is 2.73. The van der Waals surface area contributed by atoms with E-state index in [1.54, 1.807) is 6.07 Å². The number of hydrogen-bond acceptors (Lipinski definition) is 5. The molecule has 2 rings (SSSR count).